The van der Waals surface area contributed by atoms with Crippen LogP contribution in [0.2, 0.25) is 5.02 Å². The number of benzene rings is 3. The van der Waals surface area contributed by atoms with Gasteiger partial charge in [0.1, 0.15) is 30.8 Å². The Labute approximate surface area is 215 Å². The number of halogens is 1. The van der Waals surface area contributed by atoms with Crippen LogP contribution in [0.4, 0.5) is 0 Å². The molecule has 4 aromatic rings. The molecule has 1 N–H and O–H groups in total. The highest BCUT2D eigenvalue weighted by molar-refractivity contribution is 6.32. The Bertz CT molecular complexity index is 1450. The zero-order valence-electron chi connectivity index (χ0n) is 20.2. The molecule has 0 aliphatic carbocycles. The number of rotatable bonds is 8. The van der Waals surface area contributed by atoms with Crippen LogP contribution in [0.15, 0.2) is 67.0 Å². The maximum atomic E-state index is 10.1. The van der Waals surface area contributed by atoms with Crippen LogP contribution in [-0.4, -0.2) is 17.2 Å². The normalized spacial score (nSPS) is 10.5. The lowest BCUT2D eigenvalue weighted by Crippen LogP contribution is -2.02. The average molecular weight is 501 g/mol. The quantitative estimate of drug-likeness (QED) is 0.287. The van der Waals surface area contributed by atoms with Gasteiger partial charge >= 0.3 is 0 Å². The molecule has 0 spiro atoms. The van der Waals surface area contributed by atoms with Crippen LogP contribution in [0.1, 0.15) is 27.8 Å². The summed E-state index contributed by atoms with van der Waals surface area (Å²) >= 11 is 6.47. The second-order valence-corrected chi connectivity index (χ2v) is 8.65. The molecule has 4 rings (SSSR count). The minimum absolute atomic E-state index is 0.199. The standard InChI is InChI=1S/C29H25ClN2O4/c1-18-22(6-4-7-23(18)24-8-5-9-26(33)19(24)2)17-36-27-12-29(28(34-3)11-25(27)30)35-16-21-10-20(13-31)14-32-15-21/h4-12,14-15,33H,16-17H2,1-3H3. The van der Waals surface area contributed by atoms with Gasteiger partial charge in [0.05, 0.1) is 17.7 Å². The number of hydrogen-bond donors (Lipinski definition) is 1. The summed E-state index contributed by atoms with van der Waals surface area (Å²) in [7, 11) is 1.54. The van der Waals surface area contributed by atoms with Gasteiger partial charge in [-0.15, -0.1) is 0 Å². The van der Waals surface area contributed by atoms with Gasteiger partial charge < -0.3 is 19.3 Å². The molecule has 0 saturated heterocycles. The van der Waals surface area contributed by atoms with E-state index in [-0.39, 0.29) is 19.0 Å². The smallest absolute Gasteiger partial charge is 0.165 e. The molecular formula is C29H25ClN2O4. The summed E-state index contributed by atoms with van der Waals surface area (Å²) in [5.74, 6) is 1.64. The van der Waals surface area contributed by atoms with E-state index in [9.17, 15) is 5.11 Å². The number of ether oxygens (including phenoxy) is 3. The van der Waals surface area contributed by atoms with Crippen molar-refractivity contribution in [2.75, 3.05) is 7.11 Å². The first-order valence-electron chi connectivity index (χ1n) is 11.3. The molecule has 0 radical (unpaired) electrons. The predicted molar refractivity (Wildman–Crippen MR) is 139 cm³/mol. The fourth-order valence-electron chi connectivity index (χ4n) is 3.89. The Hall–Kier alpha value is -4.21. The minimum atomic E-state index is 0.199. The van der Waals surface area contributed by atoms with Gasteiger partial charge in [-0.3, -0.25) is 4.98 Å². The van der Waals surface area contributed by atoms with Crippen molar-refractivity contribution < 1.29 is 19.3 Å². The van der Waals surface area contributed by atoms with Crippen LogP contribution in [0.25, 0.3) is 11.1 Å². The van der Waals surface area contributed by atoms with E-state index in [1.807, 2.05) is 44.2 Å². The van der Waals surface area contributed by atoms with E-state index < -0.39 is 0 Å². The fourth-order valence-corrected chi connectivity index (χ4v) is 4.10. The van der Waals surface area contributed by atoms with Crippen LogP contribution in [0.3, 0.4) is 0 Å². The highest BCUT2D eigenvalue weighted by Crippen LogP contribution is 2.39. The number of phenols is 1. The van der Waals surface area contributed by atoms with Gasteiger partial charge in [-0.1, -0.05) is 41.9 Å². The van der Waals surface area contributed by atoms with Crippen molar-refractivity contribution in [3.05, 3.63) is 99.8 Å². The predicted octanol–water partition coefficient (Wildman–Crippen LogP) is 6.76. The number of methoxy groups -OCH3 is 1. The molecule has 1 aromatic heterocycles. The molecule has 7 heteroatoms. The number of nitrogens with zero attached hydrogens (tertiary/aromatic N) is 2. The molecule has 0 saturated carbocycles. The van der Waals surface area contributed by atoms with E-state index in [1.165, 1.54) is 13.3 Å². The lowest BCUT2D eigenvalue weighted by atomic mass is 9.93. The molecule has 6 nitrogen and oxygen atoms in total. The number of pyridine rings is 1. The highest BCUT2D eigenvalue weighted by atomic mass is 35.5. The van der Waals surface area contributed by atoms with E-state index in [0.717, 1.165) is 33.4 Å². The summed E-state index contributed by atoms with van der Waals surface area (Å²) in [6, 6.07) is 18.7. The Morgan fingerprint density at radius 1 is 0.889 bits per heavy atom. The third-order valence-corrected chi connectivity index (χ3v) is 6.26. The molecule has 3 aromatic carbocycles. The van der Waals surface area contributed by atoms with Crippen LogP contribution in [0, 0.1) is 25.2 Å². The third kappa shape index (κ3) is 5.37. The molecule has 0 fully saturated rings. The Kier molecular flexibility index (Phi) is 7.62. The summed E-state index contributed by atoms with van der Waals surface area (Å²) in [6.07, 6.45) is 3.14. The van der Waals surface area contributed by atoms with Crippen LogP contribution >= 0.6 is 11.6 Å². The van der Waals surface area contributed by atoms with Crippen molar-refractivity contribution in [2.45, 2.75) is 27.1 Å². The summed E-state index contributed by atoms with van der Waals surface area (Å²) in [5, 5.41) is 19.6. The summed E-state index contributed by atoms with van der Waals surface area (Å²) in [5.41, 5.74) is 6.09. The Morgan fingerprint density at radius 2 is 1.61 bits per heavy atom. The summed E-state index contributed by atoms with van der Waals surface area (Å²) in [6.45, 7) is 4.42. The largest absolute Gasteiger partial charge is 0.508 e. The summed E-state index contributed by atoms with van der Waals surface area (Å²) in [4.78, 5) is 4.06. The van der Waals surface area contributed by atoms with E-state index in [0.29, 0.717) is 27.8 Å². The zero-order valence-corrected chi connectivity index (χ0v) is 21.0. The van der Waals surface area contributed by atoms with Crippen LogP contribution in [0.5, 0.6) is 23.0 Å². The van der Waals surface area contributed by atoms with Gasteiger partial charge in [0, 0.05) is 30.1 Å². The van der Waals surface area contributed by atoms with E-state index in [2.05, 4.69) is 11.1 Å². The third-order valence-electron chi connectivity index (χ3n) is 5.96. The number of nitriles is 1. The fraction of sp³-hybridized carbons (Fsp3) is 0.172. The first-order chi connectivity index (χ1) is 17.4. The van der Waals surface area contributed by atoms with Crippen molar-refractivity contribution in [2.24, 2.45) is 0 Å². The highest BCUT2D eigenvalue weighted by Gasteiger charge is 2.15. The number of aromatic nitrogens is 1. The molecule has 0 bridgehead atoms. The van der Waals surface area contributed by atoms with Crippen molar-refractivity contribution in [3.63, 3.8) is 0 Å². The van der Waals surface area contributed by atoms with E-state index in [4.69, 9.17) is 31.1 Å². The lowest BCUT2D eigenvalue weighted by Gasteiger charge is -2.17. The van der Waals surface area contributed by atoms with E-state index in [1.54, 1.807) is 30.5 Å². The molecule has 0 amide bonds. The molecule has 36 heavy (non-hydrogen) atoms. The first-order valence-corrected chi connectivity index (χ1v) is 11.6. The maximum absolute atomic E-state index is 10.1. The maximum Gasteiger partial charge on any atom is 0.165 e. The lowest BCUT2D eigenvalue weighted by molar-refractivity contribution is 0.274. The van der Waals surface area contributed by atoms with Crippen molar-refractivity contribution in [1.29, 1.82) is 5.26 Å². The summed E-state index contributed by atoms with van der Waals surface area (Å²) < 4.78 is 17.5. The molecule has 0 atom stereocenters. The number of hydrogen-bond acceptors (Lipinski definition) is 6. The van der Waals surface area contributed by atoms with Gasteiger partial charge in [0.2, 0.25) is 0 Å². The molecular weight excluding hydrogens is 476 g/mol. The number of phenolic OH excluding ortho intramolecular Hbond substituents is 1. The minimum Gasteiger partial charge on any atom is -0.508 e. The van der Waals surface area contributed by atoms with Crippen molar-refractivity contribution in [3.8, 4) is 40.2 Å². The topological polar surface area (TPSA) is 84.6 Å². The van der Waals surface area contributed by atoms with Gasteiger partial charge in [0.25, 0.3) is 0 Å². The first kappa shape index (κ1) is 24.9. The molecule has 0 unspecified atom stereocenters. The van der Waals surface area contributed by atoms with E-state index >= 15 is 0 Å². The monoisotopic (exact) mass is 500 g/mol. The van der Waals surface area contributed by atoms with Gasteiger partial charge in [0.15, 0.2) is 11.5 Å². The van der Waals surface area contributed by atoms with Gasteiger partial charge in [-0.2, -0.15) is 5.26 Å². The SMILES string of the molecule is COc1cc(Cl)c(OCc2cccc(-c3cccc(O)c3C)c2C)cc1OCc1cncc(C#N)c1. The molecule has 0 aliphatic heterocycles. The zero-order chi connectivity index (χ0) is 25.7. The Balaban J connectivity index is 1.55. The average Bonchev–Trinajstić information content (AvgIpc) is 2.89. The van der Waals surface area contributed by atoms with Gasteiger partial charge in [-0.25, -0.2) is 0 Å². The number of aromatic hydroxyl groups is 1. The molecule has 1 heterocycles. The van der Waals surface area contributed by atoms with Crippen molar-refractivity contribution in [1.82, 2.24) is 4.98 Å². The molecule has 0 aliphatic rings. The second-order valence-electron chi connectivity index (χ2n) is 8.24. The van der Waals surface area contributed by atoms with Gasteiger partial charge in [-0.05, 0) is 53.8 Å². The Morgan fingerprint density at radius 3 is 2.36 bits per heavy atom. The van der Waals surface area contributed by atoms with Crippen LogP contribution < -0.4 is 14.2 Å². The second kappa shape index (κ2) is 11.0. The van der Waals surface area contributed by atoms with Crippen molar-refractivity contribution >= 4 is 11.6 Å². The molecule has 182 valence electrons. The van der Waals surface area contributed by atoms with Crippen LogP contribution in [-0.2, 0) is 13.2 Å².